The number of nitrogens with one attached hydrogen (secondary N) is 1. The molecule has 2 saturated heterocycles. The largest absolute Gasteiger partial charge is 0.312 e. The van der Waals surface area contributed by atoms with Crippen molar-refractivity contribution in [2.45, 2.75) is 19.0 Å². The number of fused-ring (bicyclic) bond motifs is 1. The first-order valence-electron chi connectivity index (χ1n) is 6.12. The molecule has 1 N–H and O–H groups in total. The van der Waals surface area contributed by atoms with E-state index < -0.39 is 0 Å². The number of halogens is 2. The van der Waals surface area contributed by atoms with E-state index in [1.54, 1.807) is 12.1 Å². The van der Waals surface area contributed by atoms with E-state index in [1.165, 1.54) is 6.42 Å². The molecule has 1 aromatic rings. The van der Waals surface area contributed by atoms with Crippen molar-refractivity contribution < 1.29 is 4.39 Å². The second kappa shape index (κ2) is 4.56. The Morgan fingerprint density at radius 2 is 2.29 bits per heavy atom. The monoisotopic (exact) mass is 254 g/mol. The third-order valence-electron chi connectivity index (χ3n) is 3.83. The Labute approximate surface area is 106 Å². The van der Waals surface area contributed by atoms with E-state index in [1.807, 2.05) is 6.07 Å². The quantitative estimate of drug-likeness (QED) is 0.871. The zero-order chi connectivity index (χ0) is 11.8. The number of rotatable bonds is 2. The molecule has 1 aromatic carbocycles. The van der Waals surface area contributed by atoms with Gasteiger partial charge in [-0.15, -0.1) is 0 Å². The highest BCUT2D eigenvalue weighted by Crippen LogP contribution is 2.26. The van der Waals surface area contributed by atoms with E-state index in [0.29, 0.717) is 6.04 Å². The maximum absolute atomic E-state index is 13.3. The molecule has 92 valence electrons. The van der Waals surface area contributed by atoms with Crippen LogP contribution in [0.25, 0.3) is 0 Å². The fraction of sp³-hybridized carbons (Fsp3) is 0.538. The highest BCUT2D eigenvalue weighted by molar-refractivity contribution is 6.30. The Morgan fingerprint density at radius 1 is 1.41 bits per heavy atom. The lowest BCUT2D eigenvalue weighted by Crippen LogP contribution is -2.29. The summed E-state index contributed by atoms with van der Waals surface area (Å²) < 4.78 is 13.3. The second-order valence-electron chi connectivity index (χ2n) is 5.05. The third-order valence-corrected chi connectivity index (χ3v) is 4.14. The minimum absolute atomic E-state index is 0.203. The van der Waals surface area contributed by atoms with Gasteiger partial charge in [0.2, 0.25) is 0 Å². The van der Waals surface area contributed by atoms with Crippen LogP contribution in [0.5, 0.6) is 0 Å². The highest BCUT2D eigenvalue weighted by atomic mass is 35.5. The van der Waals surface area contributed by atoms with Crippen LogP contribution in [0, 0.1) is 11.7 Å². The van der Waals surface area contributed by atoms with E-state index in [0.717, 1.165) is 37.7 Å². The average molecular weight is 255 g/mol. The van der Waals surface area contributed by atoms with Crippen LogP contribution >= 0.6 is 11.6 Å². The molecule has 2 nitrogen and oxygen atoms in total. The van der Waals surface area contributed by atoms with E-state index in [4.69, 9.17) is 11.6 Å². The molecule has 0 bridgehead atoms. The van der Waals surface area contributed by atoms with Crippen molar-refractivity contribution in [1.82, 2.24) is 10.2 Å². The maximum Gasteiger partial charge on any atom is 0.142 e. The topological polar surface area (TPSA) is 15.3 Å². The van der Waals surface area contributed by atoms with Gasteiger partial charge >= 0.3 is 0 Å². The molecule has 2 aliphatic heterocycles. The van der Waals surface area contributed by atoms with E-state index in [-0.39, 0.29) is 10.8 Å². The molecule has 0 radical (unpaired) electrons. The van der Waals surface area contributed by atoms with Crippen molar-refractivity contribution in [3.63, 3.8) is 0 Å². The standard InChI is InChI=1S/C13H16ClFN2/c14-11-2-1-9(5-12(11)15)6-17-7-10-3-4-16-13(10)8-17/h1-2,5,10,13,16H,3-4,6-8H2/t10-,13+/m0/s1. The second-order valence-corrected chi connectivity index (χ2v) is 5.46. The lowest BCUT2D eigenvalue weighted by atomic mass is 10.1. The summed E-state index contributed by atoms with van der Waals surface area (Å²) >= 11 is 5.68. The molecular formula is C13H16ClFN2. The Bertz CT molecular complexity index is 412. The Morgan fingerprint density at radius 3 is 3.06 bits per heavy atom. The summed E-state index contributed by atoms with van der Waals surface area (Å²) in [6, 6.07) is 5.74. The van der Waals surface area contributed by atoms with Crippen LogP contribution in [0.2, 0.25) is 5.02 Å². The van der Waals surface area contributed by atoms with Crippen molar-refractivity contribution in [2.24, 2.45) is 5.92 Å². The van der Waals surface area contributed by atoms with Crippen molar-refractivity contribution >= 4 is 11.6 Å². The van der Waals surface area contributed by atoms with Crippen molar-refractivity contribution in [3.8, 4) is 0 Å². The SMILES string of the molecule is Fc1cc(CN2C[C@@H]3CCN[C@@H]3C2)ccc1Cl. The van der Waals surface area contributed by atoms with Gasteiger partial charge in [-0.1, -0.05) is 17.7 Å². The number of likely N-dealkylation sites (tertiary alicyclic amines) is 1. The predicted octanol–water partition coefficient (Wildman–Crippen LogP) is 2.27. The summed E-state index contributed by atoms with van der Waals surface area (Å²) in [5, 5.41) is 3.72. The van der Waals surface area contributed by atoms with Crippen LogP contribution in [-0.2, 0) is 6.54 Å². The van der Waals surface area contributed by atoms with E-state index >= 15 is 0 Å². The Balaban J connectivity index is 1.65. The first kappa shape index (κ1) is 11.5. The molecule has 0 saturated carbocycles. The number of hydrogen-bond acceptors (Lipinski definition) is 2. The first-order chi connectivity index (χ1) is 8.22. The zero-order valence-electron chi connectivity index (χ0n) is 9.63. The molecule has 2 heterocycles. The van der Waals surface area contributed by atoms with E-state index in [9.17, 15) is 4.39 Å². The predicted molar refractivity (Wildman–Crippen MR) is 66.6 cm³/mol. The lowest BCUT2D eigenvalue weighted by Gasteiger charge is -2.16. The van der Waals surface area contributed by atoms with Gasteiger partial charge in [0.1, 0.15) is 5.82 Å². The Hall–Kier alpha value is -0.640. The van der Waals surface area contributed by atoms with Gasteiger partial charge < -0.3 is 5.32 Å². The van der Waals surface area contributed by atoms with Gasteiger partial charge in [-0.2, -0.15) is 0 Å². The Kier molecular flexibility index (Phi) is 3.07. The highest BCUT2D eigenvalue weighted by Gasteiger charge is 2.35. The third kappa shape index (κ3) is 2.32. The van der Waals surface area contributed by atoms with Gasteiger partial charge in [-0.25, -0.2) is 4.39 Å². The molecule has 2 fully saturated rings. The van der Waals surface area contributed by atoms with Gasteiger partial charge in [0.25, 0.3) is 0 Å². The van der Waals surface area contributed by atoms with Crippen molar-refractivity contribution in [3.05, 3.63) is 34.6 Å². The molecule has 0 aromatic heterocycles. The molecule has 4 heteroatoms. The van der Waals surface area contributed by atoms with Crippen LogP contribution in [0.4, 0.5) is 4.39 Å². The molecule has 3 rings (SSSR count). The summed E-state index contributed by atoms with van der Waals surface area (Å²) in [4.78, 5) is 2.39. The van der Waals surface area contributed by atoms with E-state index in [2.05, 4.69) is 10.2 Å². The van der Waals surface area contributed by atoms with Crippen LogP contribution in [0.15, 0.2) is 18.2 Å². The fourth-order valence-electron chi connectivity index (χ4n) is 2.96. The van der Waals surface area contributed by atoms with Gasteiger partial charge in [-0.3, -0.25) is 4.90 Å². The molecule has 0 aliphatic carbocycles. The molecular weight excluding hydrogens is 239 g/mol. The normalized spacial score (nSPS) is 28.6. The van der Waals surface area contributed by atoms with Crippen LogP contribution in [0.1, 0.15) is 12.0 Å². The summed E-state index contributed by atoms with van der Waals surface area (Å²) in [6.07, 6.45) is 1.27. The van der Waals surface area contributed by atoms with Gasteiger partial charge in [-0.05, 0) is 36.6 Å². The smallest absolute Gasteiger partial charge is 0.142 e. The number of benzene rings is 1. The lowest BCUT2D eigenvalue weighted by molar-refractivity contribution is 0.306. The average Bonchev–Trinajstić information content (AvgIpc) is 2.84. The number of hydrogen-bond donors (Lipinski definition) is 1. The minimum Gasteiger partial charge on any atom is -0.312 e. The molecule has 2 aliphatic rings. The summed E-state index contributed by atoms with van der Waals surface area (Å²) in [5.74, 6) is 0.467. The number of nitrogens with zero attached hydrogens (tertiary/aromatic N) is 1. The van der Waals surface area contributed by atoms with Gasteiger partial charge in [0, 0.05) is 25.7 Å². The summed E-state index contributed by atoms with van der Waals surface area (Å²) in [7, 11) is 0. The molecule has 0 spiro atoms. The van der Waals surface area contributed by atoms with Gasteiger partial charge in [0.05, 0.1) is 5.02 Å². The molecule has 0 unspecified atom stereocenters. The molecule has 2 atom stereocenters. The van der Waals surface area contributed by atoms with Crippen molar-refractivity contribution in [2.75, 3.05) is 19.6 Å². The van der Waals surface area contributed by atoms with Crippen molar-refractivity contribution in [1.29, 1.82) is 0 Å². The minimum atomic E-state index is -0.318. The van der Waals surface area contributed by atoms with Crippen LogP contribution in [-0.4, -0.2) is 30.6 Å². The van der Waals surface area contributed by atoms with Gasteiger partial charge in [0.15, 0.2) is 0 Å². The first-order valence-corrected chi connectivity index (χ1v) is 6.50. The summed E-state index contributed by atoms with van der Waals surface area (Å²) in [5.41, 5.74) is 1.01. The summed E-state index contributed by atoms with van der Waals surface area (Å²) in [6.45, 7) is 4.18. The molecule has 17 heavy (non-hydrogen) atoms. The van der Waals surface area contributed by atoms with Crippen LogP contribution < -0.4 is 5.32 Å². The maximum atomic E-state index is 13.3. The van der Waals surface area contributed by atoms with Crippen LogP contribution in [0.3, 0.4) is 0 Å². The molecule has 0 amide bonds. The zero-order valence-corrected chi connectivity index (χ0v) is 10.4. The fourth-order valence-corrected chi connectivity index (χ4v) is 3.08.